The zero-order chi connectivity index (χ0) is 19.9. The second-order valence-electron chi connectivity index (χ2n) is 7.86. The molecule has 1 heterocycles. The van der Waals surface area contributed by atoms with E-state index in [1.165, 1.54) is 19.3 Å². The number of hydrogen-bond donors (Lipinski definition) is 1. The Labute approximate surface area is 167 Å². The number of nitrogens with zero attached hydrogens (tertiary/aromatic N) is 1. The molecule has 2 fully saturated rings. The third-order valence-corrected chi connectivity index (χ3v) is 5.94. The van der Waals surface area contributed by atoms with Crippen LogP contribution < -0.4 is 14.8 Å². The molecule has 1 unspecified atom stereocenters. The molecule has 1 aliphatic heterocycles. The van der Waals surface area contributed by atoms with Gasteiger partial charge in [0.25, 0.3) is 0 Å². The van der Waals surface area contributed by atoms with Gasteiger partial charge in [0.1, 0.15) is 0 Å². The number of carbonyl (C=O) groups is 2. The van der Waals surface area contributed by atoms with Gasteiger partial charge in [0.05, 0.1) is 13.7 Å². The van der Waals surface area contributed by atoms with E-state index < -0.39 is 0 Å². The fraction of sp³-hybridized carbons (Fsp3) is 0.636. The van der Waals surface area contributed by atoms with Crippen molar-refractivity contribution in [3.63, 3.8) is 0 Å². The molecule has 1 atom stereocenters. The van der Waals surface area contributed by atoms with Crippen molar-refractivity contribution in [3.8, 4) is 11.5 Å². The molecule has 6 nitrogen and oxygen atoms in total. The minimum Gasteiger partial charge on any atom is -0.493 e. The molecule has 1 aromatic carbocycles. The van der Waals surface area contributed by atoms with Crippen molar-refractivity contribution >= 4 is 11.8 Å². The summed E-state index contributed by atoms with van der Waals surface area (Å²) in [5, 5.41) is 2.87. The van der Waals surface area contributed by atoms with E-state index in [0.29, 0.717) is 50.0 Å². The second kappa shape index (κ2) is 9.80. The smallest absolute Gasteiger partial charge is 0.222 e. The summed E-state index contributed by atoms with van der Waals surface area (Å²) in [7, 11) is 3.55. The van der Waals surface area contributed by atoms with Crippen molar-refractivity contribution in [3.05, 3.63) is 23.8 Å². The molecule has 154 valence electrons. The highest BCUT2D eigenvalue weighted by Gasteiger charge is 2.24. The number of amides is 2. The summed E-state index contributed by atoms with van der Waals surface area (Å²) in [5.41, 5.74) is 1.07. The second-order valence-corrected chi connectivity index (χ2v) is 7.86. The van der Waals surface area contributed by atoms with Gasteiger partial charge >= 0.3 is 0 Å². The lowest BCUT2D eigenvalue weighted by molar-refractivity contribution is -0.132. The van der Waals surface area contributed by atoms with Gasteiger partial charge in [-0.15, -0.1) is 0 Å². The molecule has 0 aromatic heterocycles. The number of rotatable bonds is 8. The van der Waals surface area contributed by atoms with Crippen molar-refractivity contribution in [2.24, 2.45) is 0 Å². The van der Waals surface area contributed by atoms with Gasteiger partial charge in [0.2, 0.25) is 11.8 Å². The molecule has 2 aliphatic rings. The molecular weight excluding hydrogens is 356 g/mol. The van der Waals surface area contributed by atoms with Crippen molar-refractivity contribution in [2.75, 3.05) is 27.3 Å². The Bertz CT molecular complexity index is 685. The molecule has 3 rings (SSSR count). The van der Waals surface area contributed by atoms with Gasteiger partial charge in [-0.25, -0.2) is 0 Å². The van der Waals surface area contributed by atoms with Gasteiger partial charge in [-0.1, -0.05) is 25.3 Å². The van der Waals surface area contributed by atoms with E-state index in [1.54, 1.807) is 7.11 Å². The van der Waals surface area contributed by atoms with Crippen molar-refractivity contribution in [1.29, 1.82) is 0 Å². The summed E-state index contributed by atoms with van der Waals surface area (Å²) in [6.45, 7) is 1.12. The van der Waals surface area contributed by atoms with Crippen LogP contribution in [0.4, 0.5) is 0 Å². The van der Waals surface area contributed by atoms with Crippen LogP contribution in [0, 0.1) is 0 Å². The van der Waals surface area contributed by atoms with Gasteiger partial charge in [-0.3, -0.25) is 9.59 Å². The minimum atomic E-state index is 0.0869. The maximum absolute atomic E-state index is 12.4. The highest BCUT2D eigenvalue weighted by Crippen LogP contribution is 2.33. The van der Waals surface area contributed by atoms with E-state index in [1.807, 2.05) is 30.1 Å². The number of ether oxygens (including phenoxy) is 2. The van der Waals surface area contributed by atoms with Crippen LogP contribution in [0.5, 0.6) is 11.5 Å². The standard InChI is InChI=1S/C22H32N2O4/c1-24(18-7-4-3-5-8-18)22(26)9-6-12-28-20-13-16(10-11-19(20)27-2)17-14-21(25)23-15-17/h10-11,13,17-18H,3-9,12,14-15H2,1-2H3,(H,23,25). The summed E-state index contributed by atoms with van der Waals surface area (Å²) < 4.78 is 11.3. The summed E-state index contributed by atoms with van der Waals surface area (Å²) in [6, 6.07) is 6.23. The van der Waals surface area contributed by atoms with Gasteiger partial charge < -0.3 is 19.7 Å². The van der Waals surface area contributed by atoms with Crippen LogP contribution in [0.1, 0.15) is 62.8 Å². The fourth-order valence-electron chi connectivity index (χ4n) is 4.15. The Morgan fingerprint density at radius 2 is 2.00 bits per heavy atom. The summed E-state index contributed by atoms with van der Waals surface area (Å²) in [5.74, 6) is 1.81. The zero-order valence-corrected chi connectivity index (χ0v) is 17.0. The Balaban J connectivity index is 1.49. The van der Waals surface area contributed by atoms with Crippen LogP contribution in [0.3, 0.4) is 0 Å². The van der Waals surface area contributed by atoms with Crippen LogP contribution in [-0.2, 0) is 9.59 Å². The Hall–Kier alpha value is -2.24. The SMILES string of the molecule is COc1ccc(C2CNC(=O)C2)cc1OCCCC(=O)N(C)C1CCCCC1. The molecule has 1 aliphatic carbocycles. The number of benzene rings is 1. The number of carbonyl (C=O) groups excluding carboxylic acids is 2. The summed E-state index contributed by atoms with van der Waals surface area (Å²) >= 11 is 0. The summed E-state index contributed by atoms with van der Waals surface area (Å²) in [6.07, 6.45) is 7.67. The van der Waals surface area contributed by atoms with E-state index in [2.05, 4.69) is 5.32 Å². The third kappa shape index (κ3) is 5.18. The topological polar surface area (TPSA) is 67.9 Å². The van der Waals surface area contributed by atoms with E-state index >= 15 is 0 Å². The average molecular weight is 389 g/mol. The molecule has 0 radical (unpaired) electrons. The molecule has 0 bridgehead atoms. The van der Waals surface area contributed by atoms with Gasteiger partial charge in [0, 0.05) is 38.4 Å². The van der Waals surface area contributed by atoms with Gasteiger partial charge in [-0.05, 0) is 37.0 Å². The van der Waals surface area contributed by atoms with E-state index in [-0.39, 0.29) is 17.7 Å². The minimum absolute atomic E-state index is 0.0869. The molecule has 1 aromatic rings. The van der Waals surface area contributed by atoms with Gasteiger partial charge in [-0.2, -0.15) is 0 Å². The molecule has 1 saturated heterocycles. The Morgan fingerprint density at radius 3 is 2.68 bits per heavy atom. The molecular formula is C22H32N2O4. The molecule has 2 amide bonds. The number of hydrogen-bond acceptors (Lipinski definition) is 4. The molecule has 6 heteroatoms. The normalized spacial score (nSPS) is 19.9. The Morgan fingerprint density at radius 1 is 1.21 bits per heavy atom. The van der Waals surface area contributed by atoms with Crippen LogP contribution in [-0.4, -0.2) is 50.1 Å². The van der Waals surface area contributed by atoms with Gasteiger partial charge in [0.15, 0.2) is 11.5 Å². The maximum Gasteiger partial charge on any atom is 0.222 e. The zero-order valence-electron chi connectivity index (χ0n) is 17.0. The highest BCUT2D eigenvalue weighted by atomic mass is 16.5. The first-order valence-corrected chi connectivity index (χ1v) is 10.4. The average Bonchev–Trinajstić information content (AvgIpc) is 3.17. The van der Waals surface area contributed by atoms with Crippen LogP contribution in [0.2, 0.25) is 0 Å². The molecule has 1 saturated carbocycles. The maximum atomic E-state index is 12.4. The number of methoxy groups -OCH3 is 1. The number of nitrogens with one attached hydrogen (secondary N) is 1. The van der Waals surface area contributed by atoms with E-state index in [4.69, 9.17) is 9.47 Å². The summed E-state index contributed by atoms with van der Waals surface area (Å²) in [4.78, 5) is 25.9. The van der Waals surface area contributed by atoms with Crippen molar-refractivity contribution in [2.45, 2.75) is 63.3 Å². The lowest BCUT2D eigenvalue weighted by Gasteiger charge is -2.31. The first-order valence-electron chi connectivity index (χ1n) is 10.4. The molecule has 0 spiro atoms. The quantitative estimate of drug-likeness (QED) is 0.694. The third-order valence-electron chi connectivity index (χ3n) is 5.94. The van der Waals surface area contributed by atoms with Crippen LogP contribution in [0.15, 0.2) is 18.2 Å². The van der Waals surface area contributed by atoms with Crippen molar-refractivity contribution in [1.82, 2.24) is 10.2 Å². The van der Waals surface area contributed by atoms with Crippen molar-refractivity contribution < 1.29 is 19.1 Å². The lowest BCUT2D eigenvalue weighted by atomic mass is 9.94. The first kappa shape index (κ1) is 20.5. The Kier molecular flexibility index (Phi) is 7.18. The monoisotopic (exact) mass is 388 g/mol. The fourth-order valence-corrected chi connectivity index (χ4v) is 4.15. The van der Waals surface area contributed by atoms with E-state index in [0.717, 1.165) is 18.4 Å². The first-order chi connectivity index (χ1) is 13.6. The lowest BCUT2D eigenvalue weighted by Crippen LogP contribution is -2.38. The predicted molar refractivity (Wildman–Crippen MR) is 108 cm³/mol. The largest absolute Gasteiger partial charge is 0.493 e. The predicted octanol–water partition coefficient (Wildman–Crippen LogP) is 3.25. The van der Waals surface area contributed by atoms with E-state index in [9.17, 15) is 9.59 Å². The molecule has 28 heavy (non-hydrogen) atoms. The highest BCUT2D eigenvalue weighted by molar-refractivity contribution is 5.79. The van der Waals surface area contributed by atoms with Crippen LogP contribution >= 0.6 is 0 Å². The molecule has 1 N–H and O–H groups in total. The van der Waals surface area contributed by atoms with Crippen LogP contribution in [0.25, 0.3) is 0 Å².